The van der Waals surface area contributed by atoms with Crippen molar-refractivity contribution in [3.05, 3.63) is 34.1 Å². The third-order valence-electron chi connectivity index (χ3n) is 3.06. The van der Waals surface area contributed by atoms with Gasteiger partial charge in [-0.1, -0.05) is 0 Å². The first-order chi connectivity index (χ1) is 11.2. The molecule has 11 heteroatoms. The zero-order valence-electron chi connectivity index (χ0n) is 12.8. The lowest BCUT2D eigenvalue weighted by atomic mass is 10.1. The molecule has 1 heterocycles. The van der Waals surface area contributed by atoms with Crippen molar-refractivity contribution in [1.29, 1.82) is 0 Å². The Bertz CT molecular complexity index is 967. The predicted molar refractivity (Wildman–Crippen MR) is 87.5 cm³/mol. The maximum atomic E-state index is 12.6. The number of aromatic amines is 1. The molecule has 0 saturated heterocycles. The smallest absolute Gasteiger partial charge is 0.278 e. The van der Waals surface area contributed by atoms with Crippen LogP contribution in [0.3, 0.4) is 0 Å². The van der Waals surface area contributed by atoms with Crippen LogP contribution < -0.4 is 26.5 Å². The predicted octanol–water partition coefficient (Wildman–Crippen LogP) is -0.0537. The number of ether oxygens (including phenoxy) is 1. The van der Waals surface area contributed by atoms with E-state index in [1.807, 2.05) is 4.72 Å². The number of carbonyl (C=O) groups excluding carboxylic acids is 1. The quantitative estimate of drug-likeness (QED) is 0.542. The number of Topliss-reactive ketones (excluding diaryl/α,β-unsaturated/α-hetero) is 1. The minimum atomic E-state index is -4.28. The van der Waals surface area contributed by atoms with Crippen LogP contribution in [0.25, 0.3) is 0 Å². The van der Waals surface area contributed by atoms with Gasteiger partial charge in [-0.25, -0.2) is 8.42 Å². The van der Waals surface area contributed by atoms with Gasteiger partial charge in [0.15, 0.2) is 17.3 Å². The molecule has 0 aliphatic carbocycles. The largest absolute Gasteiger partial charge is 0.495 e. The third kappa shape index (κ3) is 3.30. The van der Waals surface area contributed by atoms with E-state index in [0.29, 0.717) is 0 Å². The number of nitrogen functional groups attached to an aromatic ring is 2. The van der Waals surface area contributed by atoms with E-state index in [1.54, 1.807) is 0 Å². The Labute approximate surface area is 136 Å². The molecule has 0 aliphatic rings. The van der Waals surface area contributed by atoms with E-state index >= 15 is 0 Å². The number of sulfonamides is 1. The van der Waals surface area contributed by atoms with Gasteiger partial charge in [0.05, 0.1) is 7.11 Å². The molecule has 2 rings (SSSR count). The maximum absolute atomic E-state index is 12.6. The molecule has 0 radical (unpaired) electrons. The highest BCUT2D eigenvalue weighted by Gasteiger charge is 2.24. The molecule has 1 aromatic carbocycles. The molecule has 128 valence electrons. The van der Waals surface area contributed by atoms with Crippen LogP contribution >= 0.6 is 0 Å². The average molecular weight is 353 g/mol. The summed E-state index contributed by atoms with van der Waals surface area (Å²) in [7, 11) is -3.01. The molecule has 0 saturated carbocycles. The number of carbonyl (C=O) groups is 1. The Hall–Kier alpha value is -3.08. The van der Waals surface area contributed by atoms with Gasteiger partial charge < -0.3 is 16.2 Å². The first-order valence-corrected chi connectivity index (χ1v) is 8.01. The van der Waals surface area contributed by atoms with Crippen molar-refractivity contribution in [1.82, 2.24) is 9.97 Å². The Morgan fingerprint density at radius 1 is 1.33 bits per heavy atom. The lowest BCUT2D eigenvalue weighted by molar-refractivity contribution is 0.101. The van der Waals surface area contributed by atoms with Gasteiger partial charge in [0.2, 0.25) is 5.95 Å². The summed E-state index contributed by atoms with van der Waals surface area (Å²) in [6.07, 6.45) is 0. The Kier molecular flexibility index (Phi) is 4.46. The molecule has 24 heavy (non-hydrogen) atoms. The fourth-order valence-electron chi connectivity index (χ4n) is 1.90. The topological polar surface area (TPSA) is 170 Å². The number of nitrogens with one attached hydrogen (secondary N) is 2. The number of hydrogen-bond acceptors (Lipinski definition) is 8. The summed E-state index contributed by atoms with van der Waals surface area (Å²) in [5.74, 6) is -0.982. The second kappa shape index (κ2) is 6.20. The van der Waals surface area contributed by atoms with Crippen LogP contribution in [-0.2, 0) is 10.0 Å². The number of hydrogen-bond donors (Lipinski definition) is 4. The number of rotatable bonds is 5. The first-order valence-electron chi connectivity index (χ1n) is 6.52. The van der Waals surface area contributed by atoms with E-state index in [0.717, 1.165) is 6.07 Å². The number of ketones is 1. The number of anilines is 3. The Morgan fingerprint density at radius 3 is 2.54 bits per heavy atom. The van der Waals surface area contributed by atoms with Crippen molar-refractivity contribution in [3.8, 4) is 5.75 Å². The van der Waals surface area contributed by atoms with Crippen molar-refractivity contribution in [3.63, 3.8) is 0 Å². The van der Waals surface area contributed by atoms with Gasteiger partial charge >= 0.3 is 0 Å². The number of methoxy groups -OCH3 is 1. The monoisotopic (exact) mass is 353 g/mol. The number of aromatic nitrogens is 2. The average Bonchev–Trinajstić information content (AvgIpc) is 2.50. The number of benzene rings is 1. The minimum absolute atomic E-state index is 0.00842. The fraction of sp³-hybridized carbons (Fsp3) is 0.154. The summed E-state index contributed by atoms with van der Waals surface area (Å²) in [5, 5.41) is 0. The zero-order valence-corrected chi connectivity index (χ0v) is 13.6. The molecule has 0 fully saturated rings. The van der Waals surface area contributed by atoms with Crippen molar-refractivity contribution in [2.24, 2.45) is 0 Å². The summed E-state index contributed by atoms with van der Waals surface area (Å²) >= 11 is 0. The normalized spacial score (nSPS) is 11.1. The van der Waals surface area contributed by atoms with E-state index in [2.05, 4.69) is 9.97 Å². The molecule has 0 spiro atoms. The summed E-state index contributed by atoms with van der Waals surface area (Å²) in [4.78, 5) is 28.7. The van der Waals surface area contributed by atoms with Gasteiger partial charge in [0.1, 0.15) is 10.6 Å². The summed E-state index contributed by atoms with van der Waals surface area (Å²) in [6.45, 7) is 1.29. The van der Waals surface area contributed by atoms with Gasteiger partial charge in [0, 0.05) is 5.56 Å². The van der Waals surface area contributed by atoms with Gasteiger partial charge in [-0.3, -0.25) is 19.3 Å². The van der Waals surface area contributed by atoms with Crippen molar-refractivity contribution in [2.45, 2.75) is 11.8 Å². The molecule has 0 aliphatic heterocycles. The summed E-state index contributed by atoms with van der Waals surface area (Å²) in [6, 6.07) is 3.89. The molecular weight excluding hydrogens is 338 g/mol. The molecule has 1 aromatic heterocycles. The number of nitrogens with two attached hydrogens (primary N) is 2. The Morgan fingerprint density at radius 2 is 2.00 bits per heavy atom. The lowest BCUT2D eigenvalue weighted by Gasteiger charge is -2.13. The van der Waals surface area contributed by atoms with E-state index in [4.69, 9.17) is 16.2 Å². The van der Waals surface area contributed by atoms with E-state index in [9.17, 15) is 18.0 Å². The Balaban J connectivity index is 2.58. The van der Waals surface area contributed by atoms with Gasteiger partial charge in [-0.2, -0.15) is 4.98 Å². The highest BCUT2D eigenvalue weighted by molar-refractivity contribution is 7.92. The summed E-state index contributed by atoms with van der Waals surface area (Å²) in [5.41, 5.74) is 9.67. The van der Waals surface area contributed by atoms with Gasteiger partial charge in [-0.15, -0.1) is 0 Å². The lowest BCUT2D eigenvalue weighted by Crippen LogP contribution is -2.24. The fourth-order valence-corrected chi connectivity index (χ4v) is 3.18. The standard InChI is InChI=1S/C13H15N5O5S/c1-6(19)7-3-4-8(23-2)9(5-7)24(21,22)18-10-11(14)16-13(15)17-12(10)20/h3-5,18H,1-2H3,(H5,14,15,16,17,20). The van der Waals surface area contributed by atoms with Crippen LogP contribution in [0.1, 0.15) is 17.3 Å². The molecular formula is C13H15N5O5S. The molecule has 2 aromatic rings. The molecule has 0 amide bonds. The number of H-pyrrole nitrogens is 1. The molecule has 6 N–H and O–H groups in total. The van der Waals surface area contributed by atoms with Crippen LogP contribution in [0, 0.1) is 0 Å². The second-order valence-corrected chi connectivity index (χ2v) is 6.39. The third-order valence-corrected chi connectivity index (χ3v) is 4.43. The van der Waals surface area contributed by atoms with E-state index in [1.165, 1.54) is 26.2 Å². The zero-order chi connectivity index (χ0) is 18.1. The summed E-state index contributed by atoms with van der Waals surface area (Å²) < 4.78 is 32.2. The van der Waals surface area contributed by atoms with Crippen LogP contribution in [0.15, 0.2) is 27.9 Å². The molecule has 10 nitrogen and oxygen atoms in total. The van der Waals surface area contributed by atoms with Crippen molar-refractivity contribution < 1.29 is 17.9 Å². The maximum Gasteiger partial charge on any atom is 0.278 e. The SMILES string of the molecule is COc1ccc(C(C)=O)cc1S(=O)(=O)Nc1c(N)nc(N)[nH]c1=O. The first kappa shape index (κ1) is 17.3. The highest BCUT2D eigenvalue weighted by atomic mass is 32.2. The van der Waals surface area contributed by atoms with Gasteiger partial charge in [0.25, 0.3) is 15.6 Å². The molecule has 0 bridgehead atoms. The van der Waals surface area contributed by atoms with Crippen LogP contribution in [0.4, 0.5) is 17.5 Å². The number of nitrogens with zero attached hydrogens (tertiary/aromatic N) is 1. The van der Waals surface area contributed by atoms with E-state index in [-0.39, 0.29) is 33.8 Å². The minimum Gasteiger partial charge on any atom is -0.495 e. The molecule has 0 atom stereocenters. The molecule has 0 unspecified atom stereocenters. The highest BCUT2D eigenvalue weighted by Crippen LogP contribution is 2.27. The van der Waals surface area contributed by atoms with Crippen LogP contribution in [0.2, 0.25) is 0 Å². The van der Waals surface area contributed by atoms with E-state index < -0.39 is 21.3 Å². The van der Waals surface area contributed by atoms with Crippen molar-refractivity contribution in [2.75, 3.05) is 23.3 Å². The second-order valence-electron chi connectivity index (χ2n) is 4.74. The van der Waals surface area contributed by atoms with Gasteiger partial charge in [-0.05, 0) is 25.1 Å². The van der Waals surface area contributed by atoms with Crippen molar-refractivity contribution >= 4 is 33.3 Å². The van der Waals surface area contributed by atoms with Crippen LogP contribution in [0.5, 0.6) is 5.75 Å². The van der Waals surface area contributed by atoms with Crippen LogP contribution in [-0.4, -0.2) is 31.3 Å².